The van der Waals surface area contributed by atoms with Crippen LogP contribution in [-0.2, 0) is 0 Å². The van der Waals surface area contributed by atoms with E-state index in [4.69, 9.17) is 4.74 Å². The Labute approximate surface area is 139 Å². The zero-order valence-corrected chi connectivity index (χ0v) is 13.4. The van der Waals surface area contributed by atoms with Crippen LogP contribution in [0.4, 0.5) is 0 Å². The van der Waals surface area contributed by atoms with E-state index in [2.05, 4.69) is 9.97 Å². The summed E-state index contributed by atoms with van der Waals surface area (Å²) in [6.07, 6.45) is 6.20. The van der Waals surface area contributed by atoms with Gasteiger partial charge < -0.3 is 9.64 Å². The number of nitrogens with zero attached hydrogens (tertiary/aromatic N) is 3. The Balaban J connectivity index is 1.34. The Morgan fingerprint density at radius 3 is 2.78 bits per heavy atom. The van der Waals surface area contributed by atoms with Crippen molar-refractivity contribution in [3.05, 3.63) is 54.5 Å². The van der Waals surface area contributed by atoms with Crippen molar-refractivity contribution in [2.24, 2.45) is 0 Å². The SMILES string of the molecule is O=C(c1ccncc1)N1CC2(CC(Oc3ccccn3)CS2)C1. The van der Waals surface area contributed by atoms with Crippen molar-refractivity contribution in [1.29, 1.82) is 0 Å². The lowest BCUT2D eigenvalue weighted by molar-refractivity contribution is 0.0516. The second kappa shape index (κ2) is 5.85. The number of pyridine rings is 2. The lowest BCUT2D eigenvalue weighted by Crippen LogP contribution is -2.60. The summed E-state index contributed by atoms with van der Waals surface area (Å²) >= 11 is 1.92. The highest BCUT2D eigenvalue weighted by atomic mass is 32.2. The summed E-state index contributed by atoms with van der Waals surface area (Å²) in [6.45, 7) is 1.59. The highest BCUT2D eigenvalue weighted by Gasteiger charge is 2.51. The van der Waals surface area contributed by atoms with Crippen LogP contribution >= 0.6 is 11.8 Å². The summed E-state index contributed by atoms with van der Waals surface area (Å²) in [5, 5.41) is 0. The molecule has 0 aromatic carbocycles. The molecular weight excluding hydrogens is 310 g/mol. The van der Waals surface area contributed by atoms with Crippen molar-refractivity contribution in [2.45, 2.75) is 17.3 Å². The van der Waals surface area contributed by atoms with Gasteiger partial charge in [-0.3, -0.25) is 9.78 Å². The number of carbonyl (C=O) groups is 1. The summed E-state index contributed by atoms with van der Waals surface area (Å²) in [7, 11) is 0. The third-order valence-corrected chi connectivity index (χ3v) is 5.85. The molecule has 0 aliphatic carbocycles. The molecule has 23 heavy (non-hydrogen) atoms. The van der Waals surface area contributed by atoms with Crippen molar-refractivity contribution >= 4 is 17.7 Å². The van der Waals surface area contributed by atoms with Crippen molar-refractivity contribution < 1.29 is 9.53 Å². The number of rotatable bonds is 3. The predicted molar refractivity (Wildman–Crippen MR) is 88.6 cm³/mol. The van der Waals surface area contributed by atoms with Gasteiger partial charge in [0.05, 0.1) is 4.75 Å². The van der Waals surface area contributed by atoms with Crippen molar-refractivity contribution in [1.82, 2.24) is 14.9 Å². The van der Waals surface area contributed by atoms with Crippen LogP contribution in [0.1, 0.15) is 16.8 Å². The Hall–Kier alpha value is -2.08. The number of carbonyl (C=O) groups excluding carboxylic acids is 1. The number of thioether (sulfide) groups is 1. The molecule has 0 bridgehead atoms. The lowest BCUT2D eigenvalue weighted by atomic mass is 9.92. The van der Waals surface area contributed by atoms with Gasteiger partial charge >= 0.3 is 0 Å². The first-order chi connectivity index (χ1) is 11.2. The van der Waals surface area contributed by atoms with E-state index in [1.807, 2.05) is 34.9 Å². The minimum absolute atomic E-state index is 0.0905. The fourth-order valence-electron chi connectivity index (χ4n) is 3.16. The Morgan fingerprint density at radius 1 is 1.22 bits per heavy atom. The third-order valence-electron chi connectivity index (χ3n) is 4.27. The molecule has 1 unspecified atom stereocenters. The van der Waals surface area contributed by atoms with E-state index >= 15 is 0 Å². The summed E-state index contributed by atoms with van der Waals surface area (Å²) in [4.78, 5) is 22.5. The van der Waals surface area contributed by atoms with Gasteiger partial charge in [-0.05, 0) is 18.2 Å². The maximum Gasteiger partial charge on any atom is 0.254 e. The first-order valence-electron chi connectivity index (χ1n) is 7.65. The summed E-state index contributed by atoms with van der Waals surface area (Å²) in [5.74, 6) is 1.72. The van der Waals surface area contributed by atoms with Crippen LogP contribution in [0.3, 0.4) is 0 Å². The van der Waals surface area contributed by atoms with Gasteiger partial charge in [0.15, 0.2) is 0 Å². The number of aromatic nitrogens is 2. The van der Waals surface area contributed by atoms with E-state index in [-0.39, 0.29) is 16.8 Å². The highest BCUT2D eigenvalue weighted by Crippen LogP contribution is 2.46. The molecule has 6 heteroatoms. The van der Waals surface area contributed by atoms with Crippen molar-refractivity contribution in [2.75, 3.05) is 18.8 Å². The second-order valence-electron chi connectivity index (χ2n) is 6.00. The summed E-state index contributed by atoms with van der Waals surface area (Å²) in [5.41, 5.74) is 0.708. The van der Waals surface area contributed by atoms with E-state index in [9.17, 15) is 4.79 Å². The van der Waals surface area contributed by atoms with Crippen LogP contribution in [0.5, 0.6) is 5.88 Å². The minimum atomic E-state index is 0.0905. The highest BCUT2D eigenvalue weighted by molar-refractivity contribution is 8.01. The van der Waals surface area contributed by atoms with Gasteiger partial charge in [0, 0.05) is 55.5 Å². The van der Waals surface area contributed by atoms with Crippen molar-refractivity contribution in [3.63, 3.8) is 0 Å². The molecule has 2 saturated heterocycles. The fraction of sp³-hybridized carbons (Fsp3) is 0.353. The molecule has 2 aromatic rings. The summed E-state index contributed by atoms with van der Waals surface area (Å²) < 4.78 is 6.10. The molecule has 5 nitrogen and oxygen atoms in total. The van der Waals surface area contributed by atoms with Crippen LogP contribution in [0.15, 0.2) is 48.9 Å². The fourth-order valence-corrected chi connectivity index (χ4v) is 4.68. The van der Waals surface area contributed by atoms with Crippen LogP contribution in [0.25, 0.3) is 0 Å². The Morgan fingerprint density at radius 2 is 2.04 bits per heavy atom. The molecule has 0 radical (unpaired) electrons. The topological polar surface area (TPSA) is 55.3 Å². The molecular formula is C17H17N3O2S. The molecule has 118 valence electrons. The maximum atomic E-state index is 12.4. The Bertz CT molecular complexity index is 689. The van der Waals surface area contributed by atoms with Gasteiger partial charge in [-0.15, -0.1) is 11.8 Å². The molecule has 1 amide bonds. The molecule has 2 fully saturated rings. The van der Waals surface area contributed by atoms with E-state index in [1.165, 1.54) is 0 Å². The zero-order chi connectivity index (χ0) is 15.7. The smallest absolute Gasteiger partial charge is 0.254 e. The van der Waals surface area contributed by atoms with E-state index in [0.717, 1.165) is 25.3 Å². The first-order valence-corrected chi connectivity index (χ1v) is 8.64. The molecule has 1 spiro atoms. The zero-order valence-electron chi connectivity index (χ0n) is 12.6. The molecule has 4 rings (SSSR count). The van der Waals surface area contributed by atoms with E-state index in [1.54, 1.807) is 30.7 Å². The number of amides is 1. The van der Waals surface area contributed by atoms with Crippen LogP contribution in [0.2, 0.25) is 0 Å². The standard InChI is InChI=1S/C17H17N3O2S/c21-16(13-4-7-18-8-5-13)20-11-17(12-20)9-14(10-23-17)22-15-3-1-2-6-19-15/h1-8,14H,9-12H2. The maximum absolute atomic E-state index is 12.4. The minimum Gasteiger partial charge on any atom is -0.473 e. The van der Waals surface area contributed by atoms with Gasteiger partial charge in [0.25, 0.3) is 5.91 Å². The monoisotopic (exact) mass is 327 g/mol. The van der Waals surface area contributed by atoms with E-state index < -0.39 is 0 Å². The van der Waals surface area contributed by atoms with Crippen LogP contribution < -0.4 is 4.74 Å². The molecule has 1 atom stereocenters. The second-order valence-corrected chi connectivity index (χ2v) is 7.49. The van der Waals surface area contributed by atoms with E-state index in [0.29, 0.717) is 11.4 Å². The van der Waals surface area contributed by atoms with Gasteiger partial charge in [0.2, 0.25) is 5.88 Å². The number of hydrogen-bond donors (Lipinski definition) is 0. The molecule has 4 heterocycles. The molecule has 2 aliphatic rings. The molecule has 0 N–H and O–H groups in total. The van der Waals surface area contributed by atoms with Gasteiger partial charge in [-0.2, -0.15) is 0 Å². The lowest BCUT2D eigenvalue weighted by Gasteiger charge is -2.47. The van der Waals surface area contributed by atoms with Gasteiger partial charge in [0.1, 0.15) is 6.10 Å². The molecule has 2 aromatic heterocycles. The predicted octanol–water partition coefficient (Wildman–Crippen LogP) is 2.26. The van der Waals surface area contributed by atoms with Crippen LogP contribution in [0, 0.1) is 0 Å². The first kappa shape index (κ1) is 14.5. The average molecular weight is 327 g/mol. The molecule has 2 aliphatic heterocycles. The van der Waals surface area contributed by atoms with Crippen molar-refractivity contribution in [3.8, 4) is 5.88 Å². The van der Waals surface area contributed by atoms with Gasteiger partial charge in [-0.1, -0.05) is 6.07 Å². The number of likely N-dealkylation sites (tertiary alicyclic amines) is 1. The van der Waals surface area contributed by atoms with Crippen LogP contribution in [-0.4, -0.2) is 50.5 Å². The number of hydrogen-bond acceptors (Lipinski definition) is 5. The average Bonchev–Trinajstić information content (AvgIpc) is 2.99. The third kappa shape index (κ3) is 2.91. The Kier molecular flexibility index (Phi) is 3.69. The molecule has 0 saturated carbocycles. The largest absolute Gasteiger partial charge is 0.473 e. The quantitative estimate of drug-likeness (QED) is 0.865. The van der Waals surface area contributed by atoms with Gasteiger partial charge in [-0.25, -0.2) is 4.98 Å². The summed E-state index contributed by atoms with van der Waals surface area (Å²) in [6, 6.07) is 9.23. The number of ether oxygens (including phenoxy) is 1. The normalized spacial score (nSPS) is 21.9.